The number of hydrogen-bond donors (Lipinski definition) is 0. The van der Waals surface area contributed by atoms with E-state index >= 15 is 0 Å². The van der Waals surface area contributed by atoms with Gasteiger partial charge >= 0.3 is 0 Å². The maximum atomic E-state index is 5.64. The Morgan fingerprint density at radius 1 is 0.571 bits per heavy atom. The lowest BCUT2D eigenvalue weighted by molar-refractivity contribution is 1.29. The van der Waals surface area contributed by atoms with Gasteiger partial charge in [-0.1, -0.05) is 36.1 Å². The molecule has 0 saturated heterocycles. The number of hydrogen-bond acceptors (Lipinski definition) is 2. The Balaban J connectivity index is 2.17. The van der Waals surface area contributed by atoms with Crippen LogP contribution in [0.2, 0.25) is 0 Å². The van der Waals surface area contributed by atoms with Crippen LogP contribution in [0.3, 0.4) is 0 Å². The van der Waals surface area contributed by atoms with Gasteiger partial charge in [-0.2, -0.15) is 0 Å². The van der Waals surface area contributed by atoms with E-state index < -0.39 is 0 Å². The number of rotatable bonds is 2. The summed E-state index contributed by atoms with van der Waals surface area (Å²) in [4.78, 5) is 9.80. The number of terminal acetylenes is 2. The number of para-hydroxylation sites is 2. The molecule has 0 spiro atoms. The van der Waals surface area contributed by atoms with Crippen molar-refractivity contribution in [1.29, 1.82) is 0 Å². The molecular weight excluding hydrogens is 340 g/mol. The van der Waals surface area contributed by atoms with Gasteiger partial charge < -0.3 is 0 Å². The molecule has 0 aliphatic heterocycles. The molecule has 0 atom stereocenters. The van der Waals surface area contributed by atoms with Crippen LogP contribution in [-0.2, 0) is 0 Å². The molecule has 0 fully saturated rings. The van der Waals surface area contributed by atoms with Crippen LogP contribution in [-0.4, -0.2) is 11.4 Å². The summed E-state index contributed by atoms with van der Waals surface area (Å²) in [7, 11) is 0. The summed E-state index contributed by atoms with van der Waals surface area (Å²) < 4.78 is 0. The first-order valence-corrected chi connectivity index (χ1v) is 9.13. The Kier molecular flexibility index (Phi) is 5.44. The van der Waals surface area contributed by atoms with Crippen molar-refractivity contribution in [3.05, 3.63) is 82.0 Å². The van der Waals surface area contributed by atoms with E-state index in [4.69, 9.17) is 22.8 Å². The average Bonchev–Trinajstić information content (AvgIpc) is 2.73. The predicted octanol–water partition coefficient (Wildman–Crippen LogP) is 6.18. The molecule has 0 bridgehead atoms. The lowest BCUT2D eigenvalue weighted by Gasteiger charge is -2.23. The molecule has 28 heavy (non-hydrogen) atoms. The number of aliphatic imine (C=N–C) groups is 2. The smallest absolute Gasteiger partial charge is 0.0793 e. The number of allylic oxidation sites excluding steroid dienone is 4. The Morgan fingerprint density at radius 3 is 1.21 bits per heavy atom. The van der Waals surface area contributed by atoms with Gasteiger partial charge in [0.2, 0.25) is 0 Å². The van der Waals surface area contributed by atoms with Crippen molar-refractivity contribution in [2.45, 2.75) is 27.7 Å². The Hall–Kier alpha value is -3.62. The minimum atomic E-state index is 0.785. The van der Waals surface area contributed by atoms with Gasteiger partial charge in [0.25, 0.3) is 0 Å². The van der Waals surface area contributed by atoms with Crippen LogP contribution in [0.15, 0.2) is 80.8 Å². The molecule has 2 heteroatoms. The van der Waals surface area contributed by atoms with E-state index in [1.165, 1.54) is 0 Å². The first-order chi connectivity index (χ1) is 13.5. The number of nitrogens with zero attached hydrogens (tertiary/aromatic N) is 2. The predicted molar refractivity (Wildman–Crippen MR) is 120 cm³/mol. The lowest BCUT2D eigenvalue weighted by atomic mass is 9.85. The zero-order valence-electron chi connectivity index (χ0n) is 16.7. The van der Waals surface area contributed by atoms with E-state index in [1.54, 1.807) is 0 Å². The lowest BCUT2D eigenvalue weighted by Crippen LogP contribution is -2.19. The van der Waals surface area contributed by atoms with Crippen molar-refractivity contribution in [2.24, 2.45) is 9.98 Å². The molecule has 0 saturated carbocycles. The highest BCUT2D eigenvalue weighted by Crippen LogP contribution is 2.31. The molecule has 0 unspecified atom stereocenters. The van der Waals surface area contributed by atoms with E-state index in [1.807, 2.05) is 48.5 Å². The molecule has 0 amide bonds. The van der Waals surface area contributed by atoms with Gasteiger partial charge in [0.05, 0.1) is 22.8 Å². The SMILES string of the molecule is C#Cc1ccccc1N=C1C(C)=C(C)C(=Nc2ccccc2C#C)C(C)=C1C. The van der Waals surface area contributed by atoms with E-state index in [0.717, 1.165) is 56.2 Å². The molecule has 136 valence electrons. The monoisotopic (exact) mass is 362 g/mol. The summed E-state index contributed by atoms with van der Waals surface area (Å²) in [6.45, 7) is 8.30. The molecule has 2 aromatic carbocycles. The summed E-state index contributed by atoms with van der Waals surface area (Å²) in [5.41, 5.74) is 9.43. The number of benzene rings is 2. The first kappa shape index (κ1) is 19.2. The van der Waals surface area contributed by atoms with Crippen LogP contribution in [0.25, 0.3) is 0 Å². The summed E-state index contributed by atoms with van der Waals surface area (Å²) in [6.07, 6.45) is 11.3. The Morgan fingerprint density at radius 2 is 0.893 bits per heavy atom. The van der Waals surface area contributed by atoms with Crippen LogP contribution in [0.1, 0.15) is 38.8 Å². The Labute approximate surface area is 167 Å². The van der Waals surface area contributed by atoms with Crippen molar-refractivity contribution in [1.82, 2.24) is 0 Å². The van der Waals surface area contributed by atoms with Crippen molar-refractivity contribution < 1.29 is 0 Å². The van der Waals surface area contributed by atoms with E-state index in [-0.39, 0.29) is 0 Å². The minimum Gasteiger partial charge on any atom is -0.247 e. The third kappa shape index (κ3) is 3.46. The molecule has 2 aromatic rings. The fourth-order valence-corrected chi connectivity index (χ4v) is 3.24. The van der Waals surface area contributed by atoms with Crippen LogP contribution >= 0.6 is 0 Å². The van der Waals surface area contributed by atoms with Gasteiger partial charge in [-0.25, -0.2) is 9.98 Å². The zero-order chi connectivity index (χ0) is 20.3. The highest BCUT2D eigenvalue weighted by atomic mass is 14.8. The molecule has 0 radical (unpaired) electrons. The minimum absolute atomic E-state index is 0.785. The molecule has 2 nitrogen and oxygen atoms in total. The molecule has 0 heterocycles. The summed E-state index contributed by atoms with van der Waals surface area (Å²) >= 11 is 0. The van der Waals surface area contributed by atoms with Crippen molar-refractivity contribution in [3.8, 4) is 24.7 Å². The second kappa shape index (κ2) is 7.95. The molecular formula is C26H22N2. The highest BCUT2D eigenvalue weighted by Gasteiger charge is 2.23. The van der Waals surface area contributed by atoms with Crippen molar-refractivity contribution >= 4 is 22.8 Å². The normalized spacial score (nSPS) is 13.9. The van der Waals surface area contributed by atoms with Gasteiger partial charge in [0.15, 0.2) is 0 Å². The summed E-state index contributed by atoms with van der Waals surface area (Å²) in [5, 5.41) is 0. The molecule has 1 aliphatic carbocycles. The standard InChI is InChI=1S/C26H22N2/c1-7-21-13-9-11-15-23(21)27-25-17(3)19(5)26(20(6)18(25)4)28-24-16-12-10-14-22(24)8-2/h1-2,9-16H,3-6H3. The molecule has 0 N–H and O–H groups in total. The van der Waals surface area contributed by atoms with E-state index in [2.05, 4.69) is 39.5 Å². The fraction of sp³-hybridized carbons (Fsp3) is 0.154. The maximum Gasteiger partial charge on any atom is 0.0793 e. The van der Waals surface area contributed by atoms with Gasteiger partial charge in [0.1, 0.15) is 0 Å². The third-order valence-corrected chi connectivity index (χ3v) is 5.13. The van der Waals surface area contributed by atoms with E-state index in [9.17, 15) is 0 Å². The van der Waals surface area contributed by atoms with Crippen LogP contribution in [0.5, 0.6) is 0 Å². The van der Waals surface area contributed by atoms with Crippen LogP contribution in [0.4, 0.5) is 11.4 Å². The molecule has 3 rings (SSSR count). The largest absolute Gasteiger partial charge is 0.247 e. The summed E-state index contributed by atoms with van der Waals surface area (Å²) in [6, 6.07) is 15.5. The third-order valence-electron chi connectivity index (χ3n) is 5.13. The first-order valence-electron chi connectivity index (χ1n) is 9.13. The highest BCUT2D eigenvalue weighted by molar-refractivity contribution is 6.28. The van der Waals surface area contributed by atoms with Crippen molar-refractivity contribution in [3.63, 3.8) is 0 Å². The second-order valence-electron chi connectivity index (χ2n) is 6.74. The van der Waals surface area contributed by atoms with Gasteiger partial charge in [-0.05, 0) is 74.3 Å². The second-order valence-corrected chi connectivity index (χ2v) is 6.74. The zero-order valence-corrected chi connectivity index (χ0v) is 16.7. The van der Waals surface area contributed by atoms with E-state index in [0.29, 0.717) is 0 Å². The average molecular weight is 362 g/mol. The van der Waals surface area contributed by atoms with Crippen LogP contribution in [0, 0.1) is 24.7 Å². The van der Waals surface area contributed by atoms with Gasteiger partial charge in [-0.3, -0.25) is 0 Å². The van der Waals surface area contributed by atoms with Gasteiger partial charge in [-0.15, -0.1) is 12.8 Å². The maximum absolute atomic E-state index is 5.64. The topological polar surface area (TPSA) is 24.7 Å². The molecule has 0 aromatic heterocycles. The fourth-order valence-electron chi connectivity index (χ4n) is 3.24. The Bertz CT molecular complexity index is 1030. The van der Waals surface area contributed by atoms with Crippen molar-refractivity contribution in [2.75, 3.05) is 0 Å². The van der Waals surface area contributed by atoms with Crippen LogP contribution < -0.4 is 0 Å². The molecule has 1 aliphatic rings. The quantitative estimate of drug-likeness (QED) is 0.450. The van der Waals surface area contributed by atoms with Gasteiger partial charge in [0, 0.05) is 11.1 Å². The summed E-state index contributed by atoms with van der Waals surface area (Å²) in [5.74, 6) is 5.42.